The van der Waals surface area contributed by atoms with Gasteiger partial charge in [0.1, 0.15) is 17.4 Å². The van der Waals surface area contributed by atoms with Gasteiger partial charge in [-0.05, 0) is 12.3 Å². The fraction of sp³-hybridized carbons (Fsp3) is 0.188. The molecule has 0 spiro atoms. The van der Waals surface area contributed by atoms with Crippen LogP contribution in [0.1, 0.15) is 11.1 Å². The number of nitrogens with zero attached hydrogens (tertiary/aromatic N) is 2. The largest absolute Gasteiger partial charge is 0.373 e. The molecular formula is C16H14FN3O2S. The van der Waals surface area contributed by atoms with Crippen molar-refractivity contribution in [1.82, 2.24) is 9.97 Å². The van der Waals surface area contributed by atoms with Crippen LogP contribution in [0.3, 0.4) is 0 Å². The molecule has 0 saturated carbocycles. The van der Waals surface area contributed by atoms with Gasteiger partial charge in [0.2, 0.25) is 0 Å². The van der Waals surface area contributed by atoms with Crippen LogP contribution in [0.15, 0.2) is 40.8 Å². The van der Waals surface area contributed by atoms with Crippen LogP contribution in [-0.2, 0) is 11.3 Å². The van der Waals surface area contributed by atoms with Gasteiger partial charge in [0, 0.05) is 11.1 Å². The standard InChI is InChI=1S/C16H14FN3O2S/c1-3-6-22-9-11-5-4-10(7-13(11)17)14-12(8-18)15(21)20-16(19-14)23-2/h3-5,7H,1,6,9H2,2H3,(H,19,20,21). The maximum Gasteiger partial charge on any atom is 0.270 e. The molecule has 0 atom stereocenters. The number of halogens is 1. The van der Waals surface area contributed by atoms with Gasteiger partial charge in [-0.25, -0.2) is 9.37 Å². The molecule has 0 radical (unpaired) electrons. The lowest BCUT2D eigenvalue weighted by molar-refractivity contribution is 0.146. The van der Waals surface area contributed by atoms with Crippen molar-refractivity contribution in [2.45, 2.75) is 11.8 Å². The van der Waals surface area contributed by atoms with E-state index in [0.29, 0.717) is 22.9 Å². The monoisotopic (exact) mass is 331 g/mol. The van der Waals surface area contributed by atoms with Gasteiger partial charge in [0.25, 0.3) is 5.56 Å². The Kier molecular flexibility index (Phi) is 5.68. The fourth-order valence-electron chi connectivity index (χ4n) is 1.93. The topological polar surface area (TPSA) is 78.8 Å². The lowest BCUT2D eigenvalue weighted by Gasteiger charge is -2.08. The summed E-state index contributed by atoms with van der Waals surface area (Å²) >= 11 is 1.23. The van der Waals surface area contributed by atoms with Crippen molar-refractivity contribution in [2.75, 3.05) is 12.9 Å². The summed E-state index contributed by atoms with van der Waals surface area (Å²) in [5, 5.41) is 9.52. The van der Waals surface area contributed by atoms with Gasteiger partial charge in [-0.2, -0.15) is 5.26 Å². The number of nitriles is 1. The van der Waals surface area contributed by atoms with E-state index in [1.54, 1.807) is 24.5 Å². The summed E-state index contributed by atoms with van der Waals surface area (Å²) in [5.41, 5.74) is 0.230. The van der Waals surface area contributed by atoms with Crippen LogP contribution in [0, 0.1) is 17.1 Å². The highest BCUT2D eigenvalue weighted by Gasteiger charge is 2.15. The van der Waals surface area contributed by atoms with Gasteiger partial charge in [0.05, 0.1) is 18.9 Å². The van der Waals surface area contributed by atoms with Crippen LogP contribution in [0.2, 0.25) is 0 Å². The van der Waals surface area contributed by atoms with Crippen molar-refractivity contribution in [3.8, 4) is 17.3 Å². The molecule has 0 fully saturated rings. The Balaban J connectivity index is 2.45. The Hall–Kier alpha value is -2.43. The van der Waals surface area contributed by atoms with Crippen molar-refractivity contribution in [3.63, 3.8) is 0 Å². The third-order valence-corrected chi connectivity index (χ3v) is 3.60. The Morgan fingerprint density at radius 2 is 2.35 bits per heavy atom. The van der Waals surface area contributed by atoms with Gasteiger partial charge < -0.3 is 9.72 Å². The summed E-state index contributed by atoms with van der Waals surface area (Å²) in [6.45, 7) is 3.96. The Labute approximate surface area is 136 Å². The van der Waals surface area contributed by atoms with E-state index in [1.807, 2.05) is 6.07 Å². The minimum atomic E-state index is -0.541. The average Bonchev–Trinajstić information content (AvgIpc) is 2.55. The minimum absolute atomic E-state index is 0.113. The SMILES string of the molecule is C=CCOCc1ccc(-c2nc(SC)[nH]c(=O)c2C#N)cc1F. The highest BCUT2D eigenvalue weighted by Crippen LogP contribution is 2.23. The third kappa shape index (κ3) is 3.86. The van der Waals surface area contributed by atoms with Gasteiger partial charge >= 0.3 is 0 Å². The molecule has 118 valence electrons. The molecule has 0 unspecified atom stereocenters. The molecule has 7 heteroatoms. The molecule has 2 aromatic rings. The zero-order valence-electron chi connectivity index (χ0n) is 12.4. The molecule has 0 amide bonds. The number of H-pyrrole nitrogens is 1. The average molecular weight is 331 g/mol. The number of benzene rings is 1. The highest BCUT2D eigenvalue weighted by atomic mass is 32.2. The number of thioether (sulfide) groups is 1. The van der Waals surface area contributed by atoms with Crippen LogP contribution >= 0.6 is 11.8 Å². The normalized spacial score (nSPS) is 10.3. The van der Waals surface area contributed by atoms with E-state index < -0.39 is 11.4 Å². The van der Waals surface area contributed by atoms with Crippen LogP contribution in [0.4, 0.5) is 4.39 Å². The third-order valence-electron chi connectivity index (χ3n) is 3.02. The van der Waals surface area contributed by atoms with Crippen molar-refractivity contribution in [3.05, 3.63) is 58.2 Å². The molecule has 0 aliphatic rings. The molecule has 0 aliphatic carbocycles. The van der Waals surface area contributed by atoms with Crippen molar-refractivity contribution < 1.29 is 9.13 Å². The molecule has 0 aliphatic heterocycles. The summed E-state index contributed by atoms with van der Waals surface area (Å²) in [6, 6.07) is 6.23. The second-order valence-corrected chi connectivity index (χ2v) is 5.32. The quantitative estimate of drug-likeness (QED) is 0.381. The molecule has 1 N–H and O–H groups in total. The maximum absolute atomic E-state index is 14.2. The first kappa shape index (κ1) is 16.9. The Morgan fingerprint density at radius 1 is 1.57 bits per heavy atom. The van der Waals surface area contributed by atoms with Crippen LogP contribution < -0.4 is 5.56 Å². The van der Waals surface area contributed by atoms with Crippen LogP contribution in [0.25, 0.3) is 11.3 Å². The molecule has 1 aromatic heterocycles. The molecule has 1 aromatic carbocycles. The second kappa shape index (κ2) is 7.72. The van der Waals surface area contributed by atoms with E-state index in [9.17, 15) is 9.18 Å². The van der Waals surface area contributed by atoms with Gasteiger partial charge in [-0.15, -0.1) is 6.58 Å². The van der Waals surface area contributed by atoms with E-state index in [2.05, 4.69) is 16.5 Å². The first-order valence-corrected chi connectivity index (χ1v) is 7.89. The number of aromatic amines is 1. The van der Waals surface area contributed by atoms with Crippen LogP contribution in [-0.4, -0.2) is 22.8 Å². The lowest BCUT2D eigenvalue weighted by atomic mass is 10.1. The van der Waals surface area contributed by atoms with Gasteiger partial charge in [-0.3, -0.25) is 4.79 Å². The lowest BCUT2D eigenvalue weighted by Crippen LogP contribution is -2.14. The number of hydrogen-bond acceptors (Lipinski definition) is 5. The van der Waals surface area contributed by atoms with Crippen molar-refractivity contribution in [1.29, 1.82) is 5.26 Å². The molecular weight excluding hydrogens is 317 g/mol. The maximum atomic E-state index is 14.2. The zero-order valence-corrected chi connectivity index (χ0v) is 13.2. The molecule has 0 bridgehead atoms. The summed E-state index contributed by atoms with van der Waals surface area (Å²) < 4.78 is 19.4. The zero-order chi connectivity index (χ0) is 16.8. The molecule has 23 heavy (non-hydrogen) atoms. The smallest absolute Gasteiger partial charge is 0.270 e. The predicted octanol–water partition coefficient (Wildman–Crippen LogP) is 2.87. The first-order valence-electron chi connectivity index (χ1n) is 6.66. The predicted molar refractivity (Wildman–Crippen MR) is 86.6 cm³/mol. The van der Waals surface area contributed by atoms with Crippen molar-refractivity contribution in [2.24, 2.45) is 0 Å². The number of hydrogen-bond donors (Lipinski definition) is 1. The minimum Gasteiger partial charge on any atom is -0.373 e. The summed E-state index contributed by atoms with van der Waals surface area (Å²) in [4.78, 5) is 18.6. The van der Waals surface area contributed by atoms with E-state index in [1.165, 1.54) is 17.8 Å². The van der Waals surface area contributed by atoms with Crippen LogP contribution in [0.5, 0.6) is 0 Å². The number of nitrogens with one attached hydrogen (secondary N) is 1. The van der Waals surface area contributed by atoms with E-state index in [0.717, 1.165) is 0 Å². The molecule has 2 rings (SSSR count). The van der Waals surface area contributed by atoms with E-state index in [-0.39, 0.29) is 17.9 Å². The summed E-state index contributed by atoms with van der Waals surface area (Å²) in [6.07, 6.45) is 3.32. The number of rotatable bonds is 6. The fourth-order valence-corrected chi connectivity index (χ4v) is 2.30. The molecule has 5 nitrogen and oxygen atoms in total. The Bertz CT molecular complexity index is 827. The number of aromatic nitrogens is 2. The number of ether oxygens (including phenoxy) is 1. The molecule has 1 heterocycles. The summed E-state index contributed by atoms with van der Waals surface area (Å²) in [5.74, 6) is -0.483. The Morgan fingerprint density at radius 3 is 2.96 bits per heavy atom. The molecule has 0 saturated heterocycles. The van der Waals surface area contributed by atoms with E-state index >= 15 is 0 Å². The second-order valence-electron chi connectivity index (χ2n) is 4.52. The first-order chi connectivity index (χ1) is 11.1. The van der Waals surface area contributed by atoms with E-state index in [4.69, 9.17) is 10.00 Å². The van der Waals surface area contributed by atoms with Gasteiger partial charge in [0.15, 0.2) is 5.16 Å². The highest BCUT2D eigenvalue weighted by molar-refractivity contribution is 7.98. The van der Waals surface area contributed by atoms with Crippen molar-refractivity contribution >= 4 is 11.8 Å². The van der Waals surface area contributed by atoms with Gasteiger partial charge in [-0.1, -0.05) is 30.0 Å². The summed E-state index contributed by atoms with van der Waals surface area (Å²) in [7, 11) is 0.